The Kier molecular flexibility index (Phi) is 7.02. The normalized spacial score (nSPS) is 11.0. The molecular weight excluding hydrogens is 443 g/mol. The second-order valence-corrected chi connectivity index (χ2v) is 9.38. The van der Waals surface area contributed by atoms with E-state index in [1.807, 2.05) is 29.8 Å². The third kappa shape index (κ3) is 5.44. The average Bonchev–Trinajstić information content (AvgIpc) is 3.40. The Morgan fingerprint density at radius 2 is 1.88 bits per heavy atom. The number of rotatable bonds is 8. The number of carbonyl (C=O) groups excluding carboxylic acids is 1. The lowest BCUT2D eigenvalue weighted by atomic mass is 10.1. The molecule has 0 fully saturated rings. The number of imidazole rings is 1. The molecule has 2 aromatic carbocycles. The lowest BCUT2D eigenvalue weighted by Crippen LogP contribution is -2.23. The smallest absolute Gasteiger partial charge is 0.228 e. The molecule has 0 saturated carbocycles. The van der Waals surface area contributed by atoms with Crippen LogP contribution in [-0.2, 0) is 23.5 Å². The van der Waals surface area contributed by atoms with Crippen LogP contribution >= 0.6 is 23.1 Å². The zero-order valence-electron chi connectivity index (χ0n) is 17.9. The molecule has 0 spiro atoms. The summed E-state index contributed by atoms with van der Waals surface area (Å²) in [7, 11) is 3.50. The van der Waals surface area contributed by atoms with E-state index in [1.165, 1.54) is 23.5 Å². The highest BCUT2D eigenvalue weighted by atomic mass is 32.2. The summed E-state index contributed by atoms with van der Waals surface area (Å²) in [5.41, 5.74) is 3.94. The van der Waals surface area contributed by atoms with E-state index in [4.69, 9.17) is 0 Å². The third-order valence-corrected chi connectivity index (χ3v) is 6.81. The van der Waals surface area contributed by atoms with E-state index < -0.39 is 0 Å². The van der Waals surface area contributed by atoms with Gasteiger partial charge in [0.1, 0.15) is 10.8 Å². The van der Waals surface area contributed by atoms with Gasteiger partial charge in [-0.25, -0.2) is 14.4 Å². The number of carbonyl (C=O) groups is 1. The Morgan fingerprint density at radius 3 is 2.59 bits per heavy atom. The fourth-order valence-corrected chi connectivity index (χ4v) is 4.93. The van der Waals surface area contributed by atoms with Crippen molar-refractivity contribution in [3.8, 4) is 11.3 Å². The molecule has 164 valence electrons. The standard InChI is InChI=1S/C24H23FN4OS2/c1-28(2)23(30)12-22-27-20(15-31-22)16-32-24-26-13-21(18-8-10-19(25)11-9-18)29(24)14-17-6-4-3-5-7-17/h3-11,13,15H,12,14,16H2,1-2H3. The van der Waals surface area contributed by atoms with Crippen LogP contribution in [0.1, 0.15) is 16.3 Å². The van der Waals surface area contributed by atoms with E-state index in [0.717, 1.165) is 32.7 Å². The summed E-state index contributed by atoms with van der Waals surface area (Å²) in [4.78, 5) is 22.8. The molecule has 5 nitrogen and oxygen atoms in total. The first-order chi connectivity index (χ1) is 15.5. The Labute approximate surface area is 195 Å². The minimum absolute atomic E-state index is 0.0425. The molecule has 8 heteroatoms. The van der Waals surface area contributed by atoms with Gasteiger partial charge < -0.3 is 9.47 Å². The van der Waals surface area contributed by atoms with Crippen LogP contribution in [0.5, 0.6) is 0 Å². The first-order valence-corrected chi connectivity index (χ1v) is 12.0. The molecule has 0 N–H and O–H groups in total. The number of amides is 1. The highest BCUT2D eigenvalue weighted by Crippen LogP contribution is 2.29. The van der Waals surface area contributed by atoms with Crippen LogP contribution in [0.3, 0.4) is 0 Å². The van der Waals surface area contributed by atoms with E-state index >= 15 is 0 Å². The molecule has 0 saturated heterocycles. The van der Waals surface area contributed by atoms with Crippen molar-refractivity contribution in [1.82, 2.24) is 19.4 Å². The maximum atomic E-state index is 13.4. The van der Waals surface area contributed by atoms with Crippen molar-refractivity contribution < 1.29 is 9.18 Å². The number of thioether (sulfide) groups is 1. The quantitative estimate of drug-likeness (QED) is 0.338. The molecule has 0 atom stereocenters. The fourth-order valence-electron chi connectivity index (χ4n) is 3.17. The summed E-state index contributed by atoms with van der Waals surface area (Å²) in [5, 5.41) is 3.68. The second-order valence-electron chi connectivity index (χ2n) is 7.49. The lowest BCUT2D eigenvalue weighted by molar-refractivity contribution is -0.127. The molecule has 4 rings (SSSR count). The van der Waals surface area contributed by atoms with Crippen molar-refractivity contribution in [3.05, 3.63) is 88.3 Å². The molecule has 4 aromatic rings. The van der Waals surface area contributed by atoms with Gasteiger partial charge in [0.05, 0.1) is 30.6 Å². The van der Waals surface area contributed by atoms with Gasteiger partial charge in [-0.05, 0) is 35.4 Å². The van der Waals surface area contributed by atoms with Gasteiger partial charge in [0.15, 0.2) is 5.16 Å². The molecule has 0 aliphatic carbocycles. The molecule has 1 amide bonds. The zero-order chi connectivity index (χ0) is 22.5. The van der Waals surface area contributed by atoms with Crippen LogP contribution in [0.15, 0.2) is 71.3 Å². The van der Waals surface area contributed by atoms with Crippen LogP contribution in [0, 0.1) is 5.82 Å². The Morgan fingerprint density at radius 1 is 1.12 bits per heavy atom. The van der Waals surface area contributed by atoms with E-state index in [9.17, 15) is 9.18 Å². The monoisotopic (exact) mass is 466 g/mol. The van der Waals surface area contributed by atoms with Crippen LogP contribution < -0.4 is 0 Å². The Hall–Kier alpha value is -2.97. The second kappa shape index (κ2) is 10.1. The van der Waals surface area contributed by atoms with E-state index in [-0.39, 0.29) is 11.7 Å². The van der Waals surface area contributed by atoms with E-state index in [1.54, 1.807) is 42.9 Å². The summed E-state index contributed by atoms with van der Waals surface area (Å²) in [5.74, 6) is 0.437. The summed E-state index contributed by atoms with van der Waals surface area (Å²) < 4.78 is 15.6. The van der Waals surface area contributed by atoms with Gasteiger partial charge in [-0.2, -0.15) is 0 Å². The van der Waals surface area contributed by atoms with Crippen molar-refractivity contribution in [2.24, 2.45) is 0 Å². The number of benzene rings is 2. The van der Waals surface area contributed by atoms with Crippen molar-refractivity contribution in [2.75, 3.05) is 14.1 Å². The molecule has 0 aliphatic heterocycles. The predicted molar refractivity (Wildman–Crippen MR) is 127 cm³/mol. The first-order valence-electron chi connectivity index (χ1n) is 10.1. The number of nitrogens with zero attached hydrogens (tertiary/aromatic N) is 4. The molecule has 0 bridgehead atoms. The number of hydrogen-bond acceptors (Lipinski definition) is 5. The van der Waals surface area contributed by atoms with Gasteiger partial charge in [0, 0.05) is 25.2 Å². The van der Waals surface area contributed by atoms with Crippen molar-refractivity contribution in [3.63, 3.8) is 0 Å². The number of likely N-dealkylation sites (N-methyl/N-ethyl adjacent to an activating group) is 1. The number of aromatic nitrogens is 3. The van der Waals surface area contributed by atoms with Crippen LogP contribution in [-0.4, -0.2) is 39.4 Å². The van der Waals surface area contributed by atoms with Crippen molar-refractivity contribution >= 4 is 29.0 Å². The molecular formula is C24H23FN4OS2. The topological polar surface area (TPSA) is 51.0 Å². The third-order valence-electron chi connectivity index (χ3n) is 4.89. The van der Waals surface area contributed by atoms with E-state index in [2.05, 4.69) is 26.7 Å². The number of hydrogen-bond donors (Lipinski definition) is 0. The highest BCUT2D eigenvalue weighted by molar-refractivity contribution is 7.98. The average molecular weight is 467 g/mol. The molecule has 2 aromatic heterocycles. The molecule has 0 aliphatic rings. The molecule has 2 heterocycles. The Bertz CT molecular complexity index is 1190. The maximum absolute atomic E-state index is 13.4. The molecule has 0 radical (unpaired) electrons. The summed E-state index contributed by atoms with van der Waals surface area (Å²) in [6.45, 7) is 0.662. The fraction of sp³-hybridized carbons (Fsp3) is 0.208. The number of halogens is 1. The minimum Gasteiger partial charge on any atom is -0.348 e. The van der Waals surface area contributed by atoms with Gasteiger partial charge in [0.25, 0.3) is 0 Å². The lowest BCUT2D eigenvalue weighted by Gasteiger charge is -2.12. The van der Waals surface area contributed by atoms with Gasteiger partial charge in [0.2, 0.25) is 5.91 Å². The molecule has 0 unspecified atom stereocenters. The summed E-state index contributed by atoms with van der Waals surface area (Å²) in [6.07, 6.45) is 2.15. The van der Waals surface area contributed by atoms with Crippen LogP contribution in [0.25, 0.3) is 11.3 Å². The van der Waals surface area contributed by atoms with Crippen molar-refractivity contribution in [2.45, 2.75) is 23.9 Å². The SMILES string of the molecule is CN(C)C(=O)Cc1nc(CSc2ncc(-c3ccc(F)cc3)n2Cc2ccccc2)cs1. The summed E-state index contributed by atoms with van der Waals surface area (Å²) in [6, 6.07) is 16.7. The largest absolute Gasteiger partial charge is 0.348 e. The van der Waals surface area contributed by atoms with E-state index in [0.29, 0.717) is 18.7 Å². The van der Waals surface area contributed by atoms with Gasteiger partial charge >= 0.3 is 0 Å². The Balaban J connectivity index is 1.55. The van der Waals surface area contributed by atoms with Crippen molar-refractivity contribution in [1.29, 1.82) is 0 Å². The highest BCUT2D eigenvalue weighted by Gasteiger charge is 2.15. The molecule has 32 heavy (non-hydrogen) atoms. The zero-order valence-corrected chi connectivity index (χ0v) is 19.5. The number of thiazole rings is 1. The van der Waals surface area contributed by atoms with Crippen LogP contribution in [0.2, 0.25) is 0 Å². The van der Waals surface area contributed by atoms with Crippen LogP contribution in [0.4, 0.5) is 4.39 Å². The maximum Gasteiger partial charge on any atom is 0.228 e. The van der Waals surface area contributed by atoms with Gasteiger partial charge in [-0.3, -0.25) is 4.79 Å². The summed E-state index contributed by atoms with van der Waals surface area (Å²) >= 11 is 3.11. The predicted octanol–water partition coefficient (Wildman–Crippen LogP) is 5.12. The minimum atomic E-state index is -0.260. The van der Waals surface area contributed by atoms with Gasteiger partial charge in [-0.1, -0.05) is 42.1 Å². The first kappa shape index (κ1) is 22.2. The van der Waals surface area contributed by atoms with Gasteiger partial charge in [-0.15, -0.1) is 11.3 Å².